The molecule has 2 aromatic heterocycles. The van der Waals surface area contributed by atoms with Crippen LogP contribution >= 0.6 is 0 Å². The van der Waals surface area contributed by atoms with Crippen molar-refractivity contribution in [2.75, 3.05) is 33.3 Å². The van der Waals surface area contributed by atoms with E-state index in [1.54, 1.807) is 41.0 Å². The summed E-state index contributed by atoms with van der Waals surface area (Å²) >= 11 is 0. The van der Waals surface area contributed by atoms with Gasteiger partial charge in [0.1, 0.15) is 11.6 Å². The molecule has 1 amide bonds. The van der Waals surface area contributed by atoms with Crippen LogP contribution in [0.5, 0.6) is 5.75 Å². The van der Waals surface area contributed by atoms with Crippen molar-refractivity contribution in [2.45, 2.75) is 12.6 Å². The maximum Gasteiger partial charge on any atom is 0.289 e. The fourth-order valence-corrected chi connectivity index (χ4v) is 4.33. The molecule has 4 aromatic rings. The molecule has 1 aliphatic heterocycles. The predicted octanol–water partition coefficient (Wildman–Crippen LogP) is 3.01. The summed E-state index contributed by atoms with van der Waals surface area (Å²) < 4.78 is 26.0. The van der Waals surface area contributed by atoms with Crippen LogP contribution in [0.25, 0.3) is 0 Å². The summed E-state index contributed by atoms with van der Waals surface area (Å²) in [5.74, 6) is 1.32. The lowest BCUT2D eigenvalue weighted by molar-refractivity contribution is 0.0559. The first-order valence-corrected chi connectivity index (χ1v) is 11.3. The zero-order valence-electron chi connectivity index (χ0n) is 19.2. The van der Waals surface area contributed by atoms with E-state index in [1.165, 1.54) is 18.4 Å². The summed E-state index contributed by atoms with van der Waals surface area (Å²) in [5.41, 5.74) is 1.90. The van der Waals surface area contributed by atoms with Crippen LogP contribution in [0.15, 0.2) is 71.3 Å². The van der Waals surface area contributed by atoms with Crippen molar-refractivity contribution >= 4 is 5.91 Å². The summed E-state index contributed by atoms with van der Waals surface area (Å²) in [6.07, 6.45) is 1.50. The summed E-state index contributed by atoms with van der Waals surface area (Å²) in [6.45, 7) is 2.73. The van der Waals surface area contributed by atoms with E-state index >= 15 is 0 Å². The van der Waals surface area contributed by atoms with Gasteiger partial charge < -0.3 is 14.1 Å². The summed E-state index contributed by atoms with van der Waals surface area (Å²) in [4.78, 5) is 16.7. The third kappa shape index (κ3) is 4.92. The van der Waals surface area contributed by atoms with Gasteiger partial charge in [-0.3, -0.25) is 9.69 Å². The van der Waals surface area contributed by atoms with Gasteiger partial charge >= 0.3 is 0 Å². The molecule has 0 saturated carbocycles. The first-order valence-electron chi connectivity index (χ1n) is 11.3. The van der Waals surface area contributed by atoms with Gasteiger partial charge in [0.05, 0.1) is 26.0 Å². The highest BCUT2D eigenvalue weighted by Gasteiger charge is 2.32. The molecule has 2 aromatic carbocycles. The Morgan fingerprint density at radius 3 is 2.46 bits per heavy atom. The van der Waals surface area contributed by atoms with E-state index in [9.17, 15) is 9.18 Å². The number of halogens is 1. The van der Waals surface area contributed by atoms with Crippen LogP contribution in [0, 0.1) is 5.82 Å². The number of furan rings is 1. The molecule has 0 unspecified atom stereocenters. The quantitative estimate of drug-likeness (QED) is 0.405. The molecule has 1 aliphatic rings. The number of nitrogens with zero attached hydrogens (tertiary/aromatic N) is 6. The van der Waals surface area contributed by atoms with Gasteiger partial charge in [0.25, 0.3) is 5.91 Å². The van der Waals surface area contributed by atoms with Gasteiger partial charge in [0, 0.05) is 26.2 Å². The fraction of sp³-hybridized carbons (Fsp3) is 0.280. The van der Waals surface area contributed by atoms with Crippen molar-refractivity contribution in [1.29, 1.82) is 0 Å². The molecule has 0 radical (unpaired) electrons. The number of carbonyl (C=O) groups is 1. The molecule has 0 N–H and O–H groups in total. The fourth-order valence-electron chi connectivity index (χ4n) is 4.33. The third-order valence-corrected chi connectivity index (χ3v) is 6.18. The number of aromatic nitrogens is 4. The van der Waals surface area contributed by atoms with Crippen molar-refractivity contribution in [3.63, 3.8) is 0 Å². The third-order valence-electron chi connectivity index (χ3n) is 6.18. The molecule has 1 saturated heterocycles. The lowest BCUT2D eigenvalue weighted by Crippen LogP contribution is -2.50. The largest absolute Gasteiger partial charge is 0.497 e. The monoisotopic (exact) mass is 476 g/mol. The topological polar surface area (TPSA) is 89.5 Å². The van der Waals surface area contributed by atoms with Crippen LogP contribution in [0.3, 0.4) is 0 Å². The second-order valence-corrected chi connectivity index (χ2v) is 8.30. The van der Waals surface area contributed by atoms with Crippen molar-refractivity contribution in [3.8, 4) is 5.75 Å². The Balaban J connectivity index is 1.39. The SMILES string of the molecule is COc1ccc(Cn2nnnc2[C@@H](c2ccc(F)cc2)N2CCN(C(=O)c3ccco3)CC2)cc1. The number of ether oxygens (including phenoxy) is 1. The van der Waals surface area contributed by atoms with E-state index < -0.39 is 0 Å². The average Bonchev–Trinajstić information content (AvgIpc) is 3.59. The number of benzene rings is 2. The zero-order valence-corrected chi connectivity index (χ0v) is 19.2. The predicted molar refractivity (Wildman–Crippen MR) is 124 cm³/mol. The van der Waals surface area contributed by atoms with Gasteiger partial charge in [-0.05, 0) is 58.0 Å². The first kappa shape index (κ1) is 22.7. The highest BCUT2D eigenvalue weighted by molar-refractivity contribution is 5.91. The zero-order chi connectivity index (χ0) is 24.2. The number of carbonyl (C=O) groups excluding carboxylic acids is 1. The van der Waals surface area contributed by atoms with Gasteiger partial charge in [-0.15, -0.1) is 5.10 Å². The second kappa shape index (κ2) is 10.1. The minimum absolute atomic E-state index is 0.127. The van der Waals surface area contributed by atoms with E-state index in [4.69, 9.17) is 9.15 Å². The standard InChI is InChI=1S/C25H25FN6O3/c1-34-21-10-4-18(5-11-21)17-32-24(27-28-29-32)23(19-6-8-20(26)9-7-19)30-12-14-31(15-13-30)25(33)22-3-2-16-35-22/h2-11,16,23H,12-15,17H2,1H3/t23-/m1/s1. The first-order chi connectivity index (χ1) is 17.1. The molecule has 1 atom stereocenters. The lowest BCUT2D eigenvalue weighted by atomic mass is 10.0. The average molecular weight is 477 g/mol. The molecular weight excluding hydrogens is 451 g/mol. The molecule has 1 fully saturated rings. The number of tetrazole rings is 1. The van der Waals surface area contributed by atoms with Crippen LogP contribution in [0.4, 0.5) is 4.39 Å². The van der Waals surface area contributed by atoms with Gasteiger partial charge in [-0.2, -0.15) is 0 Å². The number of methoxy groups -OCH3 is 1. The van der Waals surface area contributed by atoms with Crippen LogP contribution in [-0.2, 0) is 6.54 Å². The minimum atomic E-state index is -0.306. The number of amides is 1. The van der Waals surface area contributed by atoms with Gasteiger partial charge in [0.15, 0.2) is 11.6 Å². The molecule has 35 heavy (non-hydrogen) atoms. The van der Waals surface area contributed by atoms with Crippen molar-refractivity contribution in [2.24, 2.45) is 0 Å². The number of hydrogen-bond acceptors (Lipinski definition) is 7. The number of piperazine rings is 1. The van der Waals surface area contributed by atoms with Crippen LogP contribution < -0.4 is 4.74 Å². The van der Waals surface area contributed by atoms with Crippen molar-refractivity contribution in [1.82, 2.24) is 30.0 Å². The molecule has 3 heterocycles. The Morgan fingerprint density at radius 1 is 1.06 bits per heavy atom. The van der Waals surface area contributed by atoms with Gasteiger partial charge in [0.2, 0.25) is 0 Å². The minimum Gasteiger partial charge on any atom is -0.497 e. The molecule has 0 bridgehead atoms. The Bertz CT molecular complexity index is 1250. The number of rotatable bonds is 7. The van der Waals surface area contributed by atoms with Crippen LogP contribution in [-0.4, -0.2) is 69.2 Å². The van der Waals surface area contributed by atoms with Gasteiger partial charge in [-0.25, -0.2) is 9.07 Å². The van der Waals surface area contributed by atoms with Gasteiger partial charge in [-0.1, -0.05) is 24.3 Å². The maximum atomic E-state index is 13.7. The molecular formula is C25H25FN6O3. The smallest absolute Gasteiger partial charge is 0.289 e. The normalized spacial score (nSPS) is 15.2. The van der Waals surface area contributed by atoms with E-state index in [0.717, 1.165) is 16.9 Å². The molecule has 180 valence electrons. The Morgan fingerprint density at radius 2 is 1.80 bits per heavy atom. The number of hydrogen-bond donors (Lipinski definition) is 0. The van der Waals surface area contributed by atoms with E-state index in [1.807, 2.05) is 24.3 Å². The molecule has 10 heteroatoms. The second-order valence-electron chi connectivity index (χ2n) is 8.30. The lowest BCUT2D eigenvalue weighted by Gasteiger charge is -2.38. The van der Waals surface area contributed by atoms with E-state index in [2.05, 4.69) is 20.4 Å². The Kier molecular flexibility index (Phi) is 6.53. The highest BCUT2D eigenvalue weighted by atomic mass is 19.1. The molecule has 0 aliphatic carbocycles. The summed E-state index contributed by atoms with van der Waals surface area (Å²) in [7, 11) is 1.63. The molecule has 0 spiro atoms. The van der Waals surface area contributed by atoms with E-state index in [-0.39, 0.29) is 17.8 Å². The molecule has 9 nitrogen and oxygen atoms in total. The highest BCUT2D eigenvalue weighted by Crippen LogP contribution is 2.29. The van der Waals surface area contributed by atoms with Crippen LogP contribution in [0.2, 0.25) is 0 Å². The Labute approximate surface area is 201 Å². The summed E-state index contributed by atoms with van der Waals surface area (Å²) in [5, 5.41) is 12.5. The summed E-state index contributed by atoms with van der Waals surface area (Å²) in [6, 6.07) is 17.2. The molecule has 5 rings (SSSR count). The van der Waals surface area contributed by atoms with Crippen molar-refractivity contribution < 1.29 is 18.3 Å². The Hall–Kier alpha value is -4.05. The maximum absolute atomic E-state index is 13.7. The van der Waals surface area contributed by atoms with Crippen LogP contribution in [0.1, 0.15) is 33.5 Å². The van der Waals surface area contributed by atoms with Crippen molar-refractivity contribution in [3.05, 3.63) is 95.5 Å². The van der Waals surface area contributed by atoms with E-state index in [0.29, 0.717) is 44.3 Å².